The topological polar surface area (TPSA) is 35.6 Å². The van der Waals surface area contributed by atoms with Crippen LogP contribution in [0.5, 0.6) is 0 Å². The van der Waals surface area contributed by atoms with E-state index in [1.54, 1.807) is 6.92 Å². The molecule has 0 aliphatic carbocycles. The molecule has 0 unspecified atom stereocenters. The number of carbonyl (C=O) groups excluding carboxylic acids is 1. The molecule has 0 aromatic rings. The highest BCUT2D eigenvalue weighted by atomic mass is 16.1. The first-order valence-corrected chi connectivity index (χ1v) is 6.85. The van der Waals surface area contributed by atoms with E-state index < -0.39 is 0 Å². The summed E-state index contributed by atoms with van der Waals surface area (Å²) in [6.45, 7) is 6.38. The molecule has 0 saturated carbocycles. The molecule has 0 atom stereocenters. The minimum absolute atomic E-state index is 0.114. The summed E-state index contributed by atoms with van der Waals surface area (Å²) in [4.78, 5) is 16.0. The molecule has 0 aromatic heterocycles. The Morgan fingerprint density at radius 3 is 2.18 bits per heavy atom. The molecule has 0 spiro atoms. The van der Waals surface area contributed by atoms with Gasteiger partial charge in [-0.3, -0.25) is 4.79 Å². The average Bonchev–Trinajstić information content (AvgIpc) is 2.30. The van der Waals surface area contributed by atoms with Gasteiger partial charge in [0.2, 0.25) is 5.91 Å². The Balaban J connectivity index is 1.73. The minimum Gasteiger partial charge on any atom is -0.354 e. The van der Waals surface area contributed by atoms with Crippen LogP contribution in [0, 0.1) is 0 Å². The van der Waals surface area contributed by atoms with Gasteiger partial charge in [-0.25, -0.2) is 0 Å². The Hall–Kier alpha value is -0.610. The van der Waals surface area contributed by atoms with Crippen LogP contribution in [-0.4, -0.2) is 61.0 Å². The van der Waals surface area contributed by atoms with E-state index in [4.69, 9.17) is 0 Å². The Kier molecular flexibility index (Phi) is 4.40. The maximum absolute atomic E-state index is 11.0. The predicted octanol–water partition coefficient (Wildman–Crippen LogP) is 0.681. The van der Waals surface area contributed by atoms with Crippen LogP contribution < -0.4 is 5.32 Å². The maximum atomic E-state index is 11.0. The lowest BCUT2D eigenvalue weighted by molar-refractivity contribution is -0.120. The summed E-state index contributed by atoms with van der Waals surface area (Å²) < 4.78 is 0. The number of piperidine rings is 2. The zero-order valence-corrected chi connectivity index (χ0v) is 11.1. The first-order valence-electron chi connectivity index (χ1n) is 6.85. The van der Waals surface area contributed by atoms with Gasteiger partial charge in [-0.15, -0.1) is 0 Å². The van der Waals surface area contributed by atoms with Crippen molar-refractivity contribution in [3.05, 3.63) is 0 Å². The smallest absolute Gasteiger partial charge is 0.217 e. The highest BCUT2D eigenvalue weighted by molar-refractivity contribution is 5.73. The monoisotopic (exact) mass is 239 g/mol. The minimum atomic E-state index is 0.114. The third-order valence-corrected chi connectivity index (χ3v) is 4.14. The fourth-order valence-electron chi connectivity index (χ4n) is 3.06. The van der Waals surface area contributed by atoms with Crippen LogP contribution in [0.25, 0.3) is 0 Å². The predicted molar refractivity (Wildman–Crippen MR) is 68.9 cm³/mol. The van der Waals surface area contributed by atoms with Gasteiger partial charge < -0.3 is 15.1 Å². The molecular formula is C13H25N3O. The van der Waals surface area contributed by atoms with Crippen molar-refractivity contribution in [2.24, 2.45) is 0 Å². The number of amides is 1. The molecule has 2 aliphatic rings. The normalized spacial score (nSPS) is 26.0. The quantitative estimate of drug-likeness (QED) is 0.770. The first-order chi connectivity index (χ1) is 8.15. The summed E-state index contributed by atoms with van der Waals surface area (Å²) in [6, 6.07) is 1.19. The van der Waals surface area contributed by atoms with Crippen molar-refractivity contribution < 1.29 is 4.79 Å². The Morgan fingerprint density at radius 1 is 1.06 bits per heavy atom. The molecule has 1 N–H and O–H groups in total. The number of rotatable bonds is 2. The summed E-state index contributed by atoms with van der Waals surface area (Å²) in [7, 11) is 2.21. The van der Waals surface area contributed by atoms with Gasteiger partial charge in [0.15, 0.2) is 0 Å². The van der Waals surface area contributed by atoms with E-state index in [9.17, 15) is 4.79 Å². The fourth-order valence-corrected chi connectivity index (χ4v) is 3.06. The number of carbonyl (C=O) groups is 1. The van der Waals surface area contributed by atoms with E-state index in [1.807, 2.05) is 0 Å². The maximum Gasteiger partial charge on any atom is 0.217 e. The molecule has 2 aliphatic heterocycles. The van der Waals surface area contributed by atoms with E-state index in [-0.39, 0.29) is 5.91 Å². The van der Waals surface area contributed by atoms with Crippen LogP contribution >= 0.6 is 0 Å². The van der Waals surface area contributed by atoms with Crippen LogP contribution in [0.4, 0.5) is 0 Å². The van der Waals surface area contributed by atoms with Crippen LogP contribution in [0.3, 0.4) is 0 Å². The molecule has 0 bridgehead atoms. The van der Waals surface area contributed by atoms with Crippen molar-refractivity contribution in [3.63, 3.8) is 0 Å². The molecule has 2 fully saturated rings. The fraction of sp³-hybridized carbons (Fsp3) is 0.923. The van der Waals surface area contributed by atoms with Gasteiger partial charge in [-0.2, -0.15) is 0 Å². The third-order valence-electron chi connectivity index (χ3n) is 4.14. The van der Waals surface area contributed by atoms with Gasteiger partial charge >= 0.3 is 0 Å². The number of hydrogen-bond acceptors (Lipinski definition) is 3. The van der Waals surface area contributed by atoms with Crippen molar-refractivity contribution in [1.82, 2.24) is 15.1 Å². The SMILES string of the molecule is CC(=O)NC1CCN(C2CCN(C)CC2)CC1. The summed E-state index contributed by atoms with van der Waals surface area (Å²) in [5.74, 6) is 0.114. The molecule has 0 radical (unpaired) electrons. The van der Waals surface area contributed by atoms with E-state index in [0.717, 1.165) is 32.0 Å². The molecular weight excluding hydrogens is 214 g/mol. The standard InChI is InChI=1S/C13H25N3O/c1-11(17)14-12-3-9-16(10-4-12)13-5-7-15(2)8-6-13/h12-13H,3-10H2,1-2H3,(H,14,17). The lowest BCUT2D eigenvalue weighted by Gasteiger charge is -2.41. The van der Waals surface area contributed by atoms with Crippen LogP contribution in [0.2, 0.25) is 0 Å². The van der Waals surface area contributed by atoms with Crippen molar-refractivity contribution in [2.75, 3.05) is 33.2 Å². The Labute approximate surface area is 104 Å². The Bertz CT molecular complexity index is 253. The largest absolute Gasteiger partial charge is 0.354 e. The van der Waals surface area contributed by atoms with E-state index in [1.165, 1.54) is 25.9 Å². The zero-order valence-electron chi connectivity index (χ0n) is 11.1. The second kappa shape index (κ2) is 5.83. The lowest BCUT2D eigenvalue weighted by atomic mass is 9.98. The lowest BCUT2D eigenvalue weighted by Crippen LogP contribution is -2.50. The summed E-state index contributed by atoms with van der Waals surface area (Å²) in [6.07, 6.45) is 4.85. The summed E-state index contributed by atoms with van der Waals surface area (Å²) in [5, 5.41) is 3.04. The molecule has 0 aromatic carbocycles. The van der Waals surface area contributed by atoms with Crippen LogP contribution in [-0.2, 0) is 4.79 Å². The second-order valence-electron chi connectivity index (χ2n) is 5.55. The van der Waals surface area contributed by atoms with Crippen molar-refractivity contribution >= 4 is 5.91 Å². The van der Waals surface area contributed by atoms with Crippen LogP contribution in [0.15, 0.2) is 0 Å². The highest BCUT2D eigenvalue weighted by Crippen LogP contribution is 2.20. The number of nitrogens with one attached hydrogen (secondary N) is 1. The van der Waals surface area contributed by atoms with Crippen molar-refractivity contribution in [1.29, 1.82) is 0 Å². The van der Waals surface area contributed by atoms with E-state index in [0.29, 0.717) is 6.04 Å². The molecule has 1 amide bonds. The molecule has 2 rings (SSSR count). The zero-order chi connectivity index (χ0) is 12.3. The van der Waals surface area contributed by atoms with Gasteiger partial charge in [-0.05, 0) is 45.8 Å². The summed E-state index contributed by atoms with van der Waals surface area (Å²) in [5.41, 5.74) is 0. The molecule has 4 heteroatoms. The van der Waals surface area contributed by atoms with Crippen molar-refractivity contribution in [2.45, 2.75) is 44.7 Å². The molecule has 2 heterocycles. The van der Waals surface area contributed by atoms with Crippen LogP contribution in [0.1, 0.15) is 32.6 Å². The molecule has 2 saturated heterocycles. The van der Waals surface area contributed by atoms with Gasteiger partial charge in [0, 0.05) is 32.1 Å². The summed E-state index contributed by atoms with van der Waals surface area (Å²) >= 11 is 0. The average molecular weight is 239 g/mol. The van der Waals surface area contributed by atoms with Gasteiger partial charge in [0.25, 0.3) is 0 Å². The number of hydrogen-bond donors (Lipinski definition) is 1. The molecule has 4 nitrogen and oxygen atoms in total. The van der Waals surface area contributed by atoms with Crippen molar-refractivity contribution in [3.8, 4) is 0 Å². The third kappa shape index (κ3) is 3.68. The van der Waals surface area contributed by atoms with E-state index >= 15 is 0 Å². The van der Waals surface area contributed by atoms with Gasteiger partial charge in [-0.1, -0.05) is 0 Å². The van der Waals surface area contributed by atoms with E-state index in [2.05, 4.69) is 22.2 Å². The second-order valence-corrected chi connectivity index (χ2v) is 5.55. The molecule has 17 heavy (non-hydrogen) atoms. The molecule has 98 valence electrons. The number of likely N-dealkylation sites (tertiary alicyclic amines) is 2. The Morgan fingerprint density at radius 2 is 1.65 bits per heavy atom. The van der Waals surface area contributed by atoms with Gasteiger partial charge in [0.1, 0.15) is 0 Å². The van der Waals surface area contributed by atoms with Gasteiger partial charge in [0.05, 0.1) is 0 Å². The number of nitrogens with zero attached hydrogens (tertiary/aromatic N) is 2. The highest BCUT2D eigenvalue weighted by Gasteiger charge is 2.27. The first kappa shape index (κ1) is 12.8.